The van der Waals surface area contributed by atoms with Crippen LogP contribution in [-0.4, -0.2) is 27.2 Å². The number of pyridine rings is 1. The Labute approximate surface area is 244 Å². The van der Waals surface area contributed by atoms with E-state index < -0.39 is 0 Å². The molecule has 5 nitrogen and oxygen atoms in total. The van der Waals surface area contributed by atoms with Gasteiger partial charge in [0.1, 0.15) is 23.0 Å². The molecule has 0 saturated carbocycles. The molecule has 0 saturated heterocycles. The third-order valence-electron chi connectivity index (χ3n) is 7.06. The lowest BCUT2D eigenvalue weighted by Gasteiger charge is -2.11. The molecule has 6 aromatic rings. The van der Waals surface area contributed by atoms with E-state index in [0.29, 0.717) is 0 Å². The lowest BCUT2D eigenvalue weighted by molar-refractivity contribution is -0.429. The second kappa shape index (κ2) is 11.0. The molecule has 0 amide bonds. The van der Waals surface area contributed by atoms with Crippen LogP contribution >= 0.6 is 0 Å². The van der Waals surface area contributed by atoms with Gasteiger partial charge in [-0.25, -0.2) is 0 Å². The Balaban J connectivity index is 1.19. The van der Waals surface area contributed by atoms with Crippen molar-refractivity contribution in [2.75, 3.05) is 7.05 Å². The second-order valence-electron chi connectivity index (χ2n) is 10.0. The van der Waals surface area contributed by atoms with Gasteiger partial charge in [-0.2, -0.15) is 0 Å². The molecule has 0 fully saturated rings. The van der Waals surface area contributed by atoms with Crippen molar-refractivity contribution < 1.29 is 18.6 Å². The summed E-state index contributed by atoms with van der Waals surface area (Å²) in [6, 6.07) is 45.8. The van der Waals surface area contributed by atoms with Gasteiger partial charge in [0, 0.05) is 23.2 Å². The summed E-state index contributed by atoms with van der Waals surface area (Å²) < 4.78 is 16.4. The smallest absolute Gasteiger partial charge is 0.457 e. The zero-order valence-corrected chi connectivity index (χ0v) is 23.0. The van der Waals surface area contributed by atoms with E-state index in [-0.39, 0.29) is 0 Å². The number of rotatable bonds is 7. The molecule has 0 spiro atoms. The summed E-state index contributed by atoms with van der Waals surface area (Å²) in [7, 11) is 1.96. The molecule has 42 heavy (non-hydrogen) atoms. The zero-order chi connectivity index (χ0) is 28.3. The van der Waals surface area contributed by atoms with Gasteiger partial charge in [-0.1, -0.05) is 75.9 Å². The molecule has 7 rings (SSSR count). The van der Waals surface area contributed by atoms with Gasteiger partial charge in [-0.3, -0.25) is 4.98 Å². The fourth-order valence-electron chi connectivity index (χ4n) is 5.01. The van der Waals surface area contributed by atoms with Gasteiger partial charge in [0.15, 0.2) is 7.05 Å². The van der Waals surface area contributed by atoms with Crippen molar-refractivity contribution in [3.63, 3.8) is 0 Å². The molecule has 0 aliphatic carbocycles. The summed E-state index contributed by atoms with van der Waals surface area (Å²) in [6.07, 6.45) is 5.79. The third kappa shape index (κ3) is 5.33. The van der Waals surface area contributed by atoms with Crippen LogP contribution in [0.4, 0.5) is 5.69 Å². The summed E-state index contributed by atoms with van der Waals surface area (Å²) in [5.41, 5.74) is 4.92. The maximum atomic E-state index is 6.53. The maximum Gasteiger partial charge on any atom is 0.495 e. The molecule has 0 atom stereocenters. The van der Waals surface area contributed by atoms with E-state index in [0.717, 1.165) is 61.8 Å². The number of hydrogen-bond acceptors (Lipinski definition) is 3. The zero-order valence-electron chi connectivity index (χ0n) is 23.0. The monoisotopic (exact) mass is 545 g/mol. The second-order valence-corrected chi connectivity index (χ2v) is 10.0. The van der Waals surface area contributed by atoms with Crippen molar-refractivity contribution in [1.82, 2.24) is 4.98 Å². The van der Waals surface area contributed by atoms with Gasteiger partial charge in [-0.15, -0.1) is 0 Å². The van der Waals surface area contributed by atoms with Crippen LogP contribution in [0.1, 0.15) is 0 Å². The van der Waals surface area contributed by atoms with E-state index in [1.807, 2.05) is 120 Å². The van der Waals surface area contributed by atoms with Crippen LogP contribution in [0.15, 0.2) is 146 Å². The maximum absolute atomic E-state index is 6.53. The van der Waals surface area contributed by atoms with E-state index in [4.69, 9.17) is 9.47 Å². The Morgan fingerprint density at radius 1 is 0.595 bits per heavy atom. The van der Waals surface area contributed by atoms with Crippen LogP contribution in [0.3, 0.4) is 0 Å². The molecule has 0 unspecified atom stereocenters. The van der Waals surface area contributed by atoms with Crippen molar-refractivity contribution >= 4 is 22.5 Å². The lowest BCUT2D eigenvalue weighted by atomic mass is 10.0. The quantitative estimate of drug-likeness (QED) is 0.188. The Morgan fingerprint density at radius 3 is 2.14 bits per heavy atom. The Bertz CT molecular complexity index is 2040. The normalized spacial score (nSPS) is 12.2. The minimum absolute atomic E-state index is 0.738. The fourth-order valence-corrected chi connectivity index (χ4v) is 5.01. The molecular weight excluding hydrogens is 518 g/mol. The molecule has 1 aliphatic heterocycles. The van der Waals surface area contributed by atoms with Crippen LogP contribution in [0.2, 0.25) is 0 Å². The van der Waals surface area contributed by atoms with Crippen molar-refractivity contribution in [2.24, 2.45) is 0 Å². The minimum Gasteiger partial charge on any atom is -0.457 e. The first-order chi connectivity index (χ1) is 20.7. The summed E-state index contributed by atoms with van der Waals surface area (Å²) >= 11 is 0. The number of nitrogens with zero attached hydrogens (tertiary/aromatic N) is 3. The predicted molar refractivity (Wildman–Crippen MR) is 166 cm³/mol. The number of benzene rings is 5. The van der Waals surface area contributed by atoms with Gasteiger partial charge >= 0.3 is 6.01 Å². The van der Waals surface area contributed by atoms with E-state index in [1.165, 1.54) is 0 Å². The molecule has 1 aromatic heterocycles. The standard InChI is InChI=1S/C37H27N3O2/c1-39-19-20-40(26-39)31-21-29-9-5-6-16-35(29)37(25-31)42-34-15-8-11-30(23-34)36-24-28(17-18-38-36)27-10-7-14-33(22-27)41-32-12-3-2-4-13-32/h2-25H,1H3/q+2. The number of para-hydroxylation sites is 1. The lowest BCUT2D eigenvalue weighted by Crippen LogP contribution is -1.95. The van der Waals surface area contributed by atoms with E-state index >= 15 is 0 Å². The van der Waals surface area contributed by atoms with Gasteiger partial charge in [0.25, 0.3) is 6.20 Å². The Morgan fingerprint density at radius 2 is 1.31 bits per heavy atom. The summed E-state index contributed by atoms with van der Waals surface area (Å²) in [5.74, 6) is 3.11. The van der Waals surface area contributed by atoms with Crippen LogP contribution in [0, 0.1) is 0 Å². The van der Waals surface area contributed by atoms with Crippen molar-refractivity contribution in [2.45, 2.75) is 0 Å². The molecule has 0 radical (unpaired) electrons. The average molecular weight is 546 g/mol. The first-order valence-corrected chi connectivity index (χ1v) is 13.8. The van der Waals surface area contributed by atoms with Crippen molar-refractivity contribution in [1.29, 1.82) is 0 Å². The highest BCUT2D eigenvalue weighted by Gasteiger charge is 2.19. The van der Waals surface area contributed by atoms with Crippen LogP contribution in [0.25, 0.3) is 33.2 Å². The van der Waals surface area contributed by atoms with E-state index in [2.05, 4.69) is 53.5 Å². The van der Waals surface area contributed by atoms with Gasteiger partial charge in [-0.05, 0) is 65.0 Å². The topological polar surface area (TPSA) is 37.4 Å². The third-order valence-corrected chi connectivity index (χ3v) is 7.06. The average Bonchev–Trinajstić information content (AvgIpc) is 3.48. The number of aromatic nitrogens is 1. The Kier molecular flexibility index (Phi) is 6.61. The van der Waals surface area contributed by atoms with Crippen LogP contribution in [-0.2, 0) is 0 Å². The van der Waals surface area contributed by atoms with E-state index in [1.54, 1.807) is 0 Å². The van der Waals surface area contributed by atoms with Crippen LogP contribution in [0.5, 0.6) is 23.0 Å². The summed E-state index contributed by atoms with van der Waals surface area (Å²) in [6.45, 7) is 0. The SMILES string of the molecule is C[N+]1=C=[N+](c2cc(Oc3cccc(-c4cc(-c5cccc(Oc6ccccc6)c5)ccn4)c3)c3ccccc3c2)C=C1. The highest BCUT2D eigenvalue weighted by Crippen LogP contribution is 2.36. The predicted octanol–water partition coefficient (Wildman–Crippen LogP) is 9.10. The van der Waals surface area contributed by atoms with Crippen molar-refractivity contribution in [3.05, 3.63) is 146 Å². The fraction of sp³-hybridized carbons (Fsp3) is 0.0270. The van der Waals surface area contributed by atoms with Crippen LogP contribution < -0.4 is 9.47 Å². The summed E-state index contributed by atoms with van der Waals surface area (Å²) in [4.78, 5) is 4.68. The van der Waals surface area contributed by atoms with Gasteiger partial charge in [0.2, 0.25) is 11.9 Å². The molecule has 5 aromatic carbocycles. The first kappa shape index (κ1) is 25.2. The Hall–Kier alpha value is -5.77. The minimum atomic E-state index is 0.738. The molecule has 0 N–H and O–H groups in total. The number of ether oxygens (including phenoxy) is 2. The van der Waals surface area contributed by atoms with Crippen molar-refractivity contribution in [3.8, 4) is 45.4 Å². The molecule has 5 heteroatoms. The molecule has 0 bridgehead atoms. The molecule has 2 heterocycles. The molecule has 1 aliphatic rings. The number of hydrogen-bond donors (Lipinski definition) is 0. The van der Waals surface area contributed by atoms with Gasteiger partial charge in [0.05, 0.1) is 11.8 Å². The highest BCUT2D eigenvalue weighted by atomic mass is 16.5. The molecule has 200 valence electrons. The van der Waals surface area contributed by atoms with Gasteiger partial charge < -0.3 is 9.47 Å². The highest BCUT2D eigenvalue weighted by molar-refractivity contribution is 5.91. The van der Waals surface area contributed by atoms with E-state index in [9.17, 15) is 0 Å². The first-order valence-electron chi connectivity index (χ1n) is 13.8. The largest absolute Gasteiger partial charge is 0.495 e. The number of fused-ring (bicyclic) bond motifs is 1. The molecular formula is C37H27N3O2+2. The summed E-state index contributed by atoms with van der Waals surface area (Å²) in [5, 5.41) is 2.14.